The van der Waals surface area contributed by atoms with Crippen molar-refractivity contribution in [3.8, 4) is 0 Å². The molecule has 108 valence electrons. The van der Waals surface area contributed by atoms with E-state index in [0.29, 0.717) is 16.5 Å². The summed E-state index contributed by atoms with van der Waals surface area (Å²) in [5.41, 5.74) is 1.07. The van der Waals surface area contributed by atoms with E-state index in [-0.39, 0.29) is 11.5 Å². The van der Waals surface area contributed by atoms with E-state index < -0.39 is 10.8 Å². The standard InChI is InChI=1S/C15H24ClNOS/c1-5-17-14(15(2,3)4)11-19(18)10-12-8-6-7-9-13(12)16/h6-9,14,17H,5,10-11H2,1-4H3. The molecule has 0 heterocycles. The maximum atomic E-state index is 12.3. The smallest absolute Gasteiger partial charge is 0.0501 e. The lowest BCUT2D eigenvalue weighted by molar-refractivity contribution is 0.294. The highest BCUT2D eigenvalue weighted by molar-refractivity contribution is 7.84. The first-order valence-corrected chi connectivity index (χ1v) is 8.53. The molecule has 0 saturated heterocycles. The van der Waals surface area contributed by atoms with E-state index in [1.165, 1.54) is 0 Å². The van der Waals surface area contributed by atoms with Crippen LogP contribution in [0, 0.1) is 5.41 Å². The van der Waals surface area contributed by atoms with Gasteiger partial charge in [-0.15, -0.1) is 0 Å². The number of halogens is 1. The lowest BCUT2D eigenvalue weighted by atomic mass is 9.88. The molecule has 0 fully saturated rings. The summed E-state index contributed by atoms with van der Waals surface area (Å²) < 4.78 is 12.3. The minimum Gasteiger partial charge on any atom is -0.313 e. The van der Waals surface area contributed by atoms with Crippen molar-refractivity contribution >= 4 is 22.4 Å². The van der Waals surface area contributed by atoms with E-state index in [4.69, 9.17) is 11.6 Å². The van der Waals surface area contributed by atoms with Crippen molar-refractivity contribution in [2.75, 3.05) is 12.3 Å². The Morgan fingerprint density at radius 2 is 1.95 bits per heavy atom. The SMILES string of the molecule is CCNC(CS(=O)Cc1ccccc1Cl)C(C)(C)C. The molecule has 2 unspecified atom stereocenters. The van der Waals surface area contributed by atoms with Gasteiger partial charge in [0.05, 0.1) is 5.75 Å². The van der Waals surface area contributed by atoms with Crippen LogP contribution in [0.1, 0.15) is 33.3 Å². The third-order valence-electron chi connectivity index (χ3n) is 3.12. The molecular formula is C15H24ClNOS. The zero-order chi connectivity index (χ0) is 14.5. The molecule has 1 N–H and O–H groups in total. The number of nitrogens with one attached hydrogen (secondary N) is 1. The van der Waals surface area contributed by atoms with Crippen LogP contribution in [0.15, 0.2) is 24.3 Å². The molecule has 0 aromatic heterocycles. The molecule has 0 aliphatic heterocycles. The van der Waals surface area contributed by atoms with Crippen LogP contribution in [0.2, 0.25) is 5.02 Å². The van der Waals surface area contributed by atoms with Gasteiger partial charge >= 0.3 is 0 Å². The van der Waals surface area contributed by atoms with Crippen LogP contribution in [0.5, 0.6) is 0 Å². The Kier molecular flexibility index (Phi) is 6.51. The second-order valence-corrected chi connectivity index (χ2v) is 7.73. The molecule has 19 heavy (non-hydrogen) atoms. The summed E-state index contributed by atoms with van der Waals surface area (Å²) >= 11 is 6.11. The highest BCUT2D eigenvalue weighted by Gasteiger charge is 2.25. The fourth-order valence-electron chi connectivity index (χ4n) is 1.90. The molecule has 0 bridgehead atoms. The van der Waals surface area contributed by atoms with Gasteiger partial charge in [-0.3, -0.25) is 4.21 Å². The van der Waals surface area contributed by atoms with E-state index in [1.54, 1.807) is 0 Å². The van der Waals surface area contributed by atoms with E-state index in [2.05, 4.69) is 33.0 Å². The molecule has 0 spiro atoms. The molecule has 0 aliphatic carbocycles. The molecule has 0 saturated carbocycles. The molecule has 2 atom stereocenters. The van der Waals surface area contributed by atoms with Gasteiger partial charge in [-0.1, -0.05) is 57.5 Å². The Labute approximate surface area is 124 Å². The molecule has 1 aromatic rings. The van der Waals surface area contributed by atoms with Crippen molar-refractivity contribution < 1.29 is 4.21 Å². The second-order valence-electron chi connectivity index (χ2n) is 5.82. The molecule has 0 radical (unpaired) electrons. The van der Waals surface area contributed by atoms with E-state index in [1.807, 2.05) is 24.3 Å². The fraction of sp³-hybridized carbons (Fsp3) is 0.600. The summed E-state index contributed by atoms with van der Waals surface area (Å²) in [6.45, 7) is 9.49. The largest absolute Gasteiger partial charge is 0.313 e. The van der Waals surface area contributed by atoms with Crippen molar-refractivity contribution in [1.82, 2.24) is 5.32 Å². The lowest BCUT2D eigenvalue weighted by Crippen LogP contribution is -2.44. The molecule has 4 heteroatoms. The molecule has 0 aliphatic rings. The van der Waals surface area contributed by atoms with Crippen LogP contribution in [-0.2, 0) is 16.6 Å². The van der Waals surface area contributed by atoms with Crippen LogP contribution in [0.25, 0.3) is 0 Å². The van der Waals surface area contributed by atoms with Gasteiger partial charge < -0.3 is 5.32 Å². The van der Waals surface area contributed by atoms with Gasteiger partial charge in [0.1, 0.15) is 0 Å². The van der Waals surface area contributed by atoms with E-state index in [9.17, 15) is 4.21 Å². The van der Waals surface area contributed by atoms with Gasteiger partial charge in [0.25, 0.3) is 0 Å². The predicted molar refractivity (Wildman–Crippen MR) is 85.1 cm³/mol. The van der Waals surface area contributed by atoms with Crippen LogP contribution in [-0.4, -0.2) is 22.5 Å². The highest BCUT2D eigenvalue weighted by atomic mass is 35.5. The summed E-state index contributed by atoms with van der Waals surface area (Å²) in [7, 11) is -0.906. The van der Waals surface area contributed by atoms with Crippen LogP contribution < -0.4 is 5.32 Å². The lowest BCUT2D eigenvalue weighted by Gasteiger charge is -2.31. The number of rotatable bonds is 6. The molecule has 1 rings (SSSR count). The average Bonchev–Trinajstić information content (AvgIpc) is 2.30. The van der Waals surface area contributed by atoms with Gasteiger partial charge in [-0.25, -0.2) is 0 Å². The van der Waals surface area contributed by atoms with E-state index >= 15 is 0 Å². The van der Waals surface area contributed by atoms with Crippen molar-refractivity contribution in [3.63, 3.8) is 0 Å². The van der Waals surface area contributed by atoms with Gasteiger partial charge in [0.2, 0.25) is 0 Å². The predicted octanol–water partition coefficient (Wildman–Crippen LogP) is 3.61. The monoisotopic (exact) mass is 301 g/mol. The third-order valence-corrected chi connectivity index (χ3v) is 4.83. The van der Waals surface area contributed by atoms with Gasteiger partial charge in [0.15, 0.2) is 0 Å². The Balaban J connectivity index is 2.66. The molecule has 2 nitrogen and oxygen atoms in total. The van der Waals surface area contributed by atoms with Crippen molar-refractivity contribution in [3.05, 3.63) is 34.9 Å². The molecular weight excluding hydrogens is 278 g/mol. The average molecular weight is 302 g/mol. The van der Waals surface area contributed by atoms with Gasteiger partial charge in [0, 0.05) is 27.6 Å². The van der Waals surface area contributed by atoms with Crippen molar-refractivity contribution in [2.45, 2.75) is 39.5 Å². The maximum absolute atomic E-state index is 12.3. The minimum absolute atomic E-state index is 0.103. The third kappa shape index (κ3) is 5.64. The van der Waals surface area contributed by atoms with Crippen molar-refractivity contribution in [1.29, 1.82) is 0 Å². The van der Waals surface area contributed by atoms with Gasteiger partial charge in [-0.2, -0.15) is 0 Å². The van der Waals surface area contributed by atoms with Crippen LogP contribution in [0.3, 0.4) is 0 Å². The summed E-state index contributed by atoms with van der Waals surface area (Å²) in [6, 6.07) is 7.87. The quantitative estimate of drug-likeness (QED) is 0.869. The van der Waals surface area contributed by atoms with Crippen LogP contribution in [0.4, 0.5) is 0 Å². The normalized spacial score (nSPS) is 15.2. The first-order chi connectivity index (χ1) is 8.84. The summed E-state index contributed by atoms with van der Waals surface area (Å²) in [6.07, 6.45) is 0. The number of hydrogen-bond donors (Lipinski definition) is 1. The summed E-state index contributed by atoms with van der Waals surface area (Å²) in [4.78, 5) is 0. The fourth-order valence-corrected chi connectivity index (χ4v) is 3.88. The Bertz CT molecular complexity index is 428. The first-order valence-electron chi connectivity index (χ1n) is 6.66. The van der Waals surface area contributed by atoms with E-state index in [0.717, 1.165) is 12.1 Å². The topological polar surface area (TPSA) is 29.1 Å². The minimum atomic E-state index is -0.906. The zero-order valence-electron chi connectivity index (χ0n) is 12.2. The zero-order valence-corrected chi connectivity index (χ0v) is 13.8. The van der Waals surface area contributed by atoms with Crippen molar-refractivity contribution in [2.24, 2.45) is 5.41 Å². The Morgan fingerprint density at radius 1 is 1.32 bits per heavy atom. The molecule has 0 amide bonds. The molecule has 1 aromatic carbocycles. The first kappa shape index (κ1) is 16.7. The summed E-state index contributed by atoms with van der Waals surface area (Å²) in [5, 5.41) is 4.13. The summed E-state index contributed by atoms with van der Waals surface area (Å²) in [5.74, 6) is 1.18. The van der Waals surface area contributed by atoms with Crippen LogP contribution >= 0.6 is 11.6 Å². The number of benzene rings is 1. The number of hydrogen-bond acceptors (Lipinski definition) is 2. The highest BCUT2D eigenvalue weighted by Crippen LogP contribution is 2.22. The second kappa shape index (κ2) is 7.41. The Hall–Kier alpha value is -0.380. The van der Waals surface area contributed by atoms with Gasteiger partial charge in [-0.05, 0) is 23.6 Å². The maximum Gasteiger partial charge on any atom is 0.0501 e. The Morgan fingerprint density at radius 3 is 2.47 bits per heavy atom.